The summed E-state index contributed by atoms with van der Waals surface area (Å²) in [6.45, 7) is 11.5. The van der Waals surface area contributed by atoms with Crippen molar-refractivity contribution in [3.63, 3.8) is 0 Å². The van der Waals surface area contributed by atoms with Crippen LogP contribution in [-0.4, -0.2) is 36.7 Å². The van der Waals surface area contributed by atoms with Crippen LogP contribution in [-0.2, 0) is 31.3 Å². The minimum atomic E-state index is -0.861. The van der Waals surface area contributed by atoms with Crippen molar-refractivity contribution in [2.24, 2.45) is 10.8 Å². The molecular formula is C40H48Cl2F4N2O2Ti. The van der Waals surface area contributed by atoms with Crippen LogP contribution in [0.25, 0.3) is 0 Å². The van der Waals surface area contributed by atoms with Gasteiger partial charge in [-0.1, -0.05) is 26.7 Å². The summed E-state index contributed by atoms with van der Waals surface area (Å²) >= 11 is 11.6. The predicted molar refractivity (Wildman–Crippen MR) is 197 cm³/mol. The van der Waals surface area contributed by atoms with Gasteiger partial charge in [-0.3, -0.25) is 21.7 Å². The smallest absolute Gasteiger partial charge is 0.363 e. The zero-order chi connectivity index (χ0) is 37.7. The number of unbranched alkanes of at least 4 members (excludes halogenated alkanes) is 2. The van der Waals surface area contributed by atoms with Gasteiger partial charge in [-0.25, -0.2) is 41.9 Å². The van der Waals surface area contributed by atoms with E-state index in [2.05, 4.69) is 24.3 Å². The van der Waals surface area contributed by atoms with Gasteiger partial charge >= 0.3 is 21.7 Å². The number of carbonyl (C=O) groups excluding carboxylic acids is 2. The first kappa shape index (κ1) is 48.4. The first-order valence-corrected chi connectivity index (χ1v) is 17.7. The molecule has 51 heavy (non-hydrogen) atoms. The zero-order valence-electron chi connectivity index (χ0n) is 30.3. The molecule has 0 aliphatic heterocycles. The van der Waals surface area contributed by atoms with E-state index in [0.717, 1.165) is 50.7 Å². The number of benzene rings is 2. The summed E-state index contributed by atoms with van der Waals surface area (Å²) in [5, 5.41) is 0. The number of allylic oxidation sites excluding steroid dienone is 8. The Kier molecular flexibility index (Phi) is 24.0. The van der Waals surface area contributed by atoms with Crippen LogP contribution < -0.4 is 9.80 Å². The summed E-state index contributed by atoms with van der Waals surface area (Å²) in [5.41, 5.74) is -1.53. The Hall–Kier alpha value is -2.65. The molecule has 2 aliphatic carbocycles. The standard InChI is InChI=1S/2C15H19ClF2NO.2C5H5.Ti/c2*1-4-5-8-19(14(20)15(2,3)10-16)13-7-6-11(17)9-12(13)18;2*1-2-4-5-3-1;/h2*6-7H,4-5,8,10H2,1-3H3;2*1-3H,4H2;/q4*-1;+4. The molecule has 0 N–H and O–H groups in total. The largest absolute Gasteiger partial charge is 4.00 e. The molecular weight excluding hydrogens is 735 g/mol. The topological polar surface area (TPSA) is 40.6 Å². The molecule has 0 fully saturated rings. The number of hydrogen-bond acceptors (Lipinski definition) is 2. The van der Waals surface area contributed by atoms with Gasteiger partial charge in [0.15, 0.2) is 0 Å². The van der Waals surface area contributed by atoms with E-state index < -0.39 is 34.1 Å². The third-order valence-corrected chi connectivity index (χ3v) is 8.56. The molecule has 2 amide bonds. The summed E-state index contributed by atoms with van der Waals surface area (Å²) in [5.74, 6) is -3.60. The van der Waals surface area contributed by atoms with Crippen molar-refractivity contribution in [2.45, 2.75) is 80.1 Å². The van der Waals surface area contributed by atoms with Gasteiger partial charge in [0, 0.05) is 48.1 Å². The number of carbonyl (C=O) groups is 2. The summed E-state index contributed by atoms with van der Waals surface area (Å²) in [6.07, 6.45) is 23.2. The summed E-state index contributed by atoms with van der Waals surface area (Å²) in [7, 11) is 0. The number of rotatable bonds is 12. The maximum atomic E-state index is 13.9. The van der Waals surface area contributed by atoms with E-state index in [1.54, 1.807) is 27.7 Å². The van der Waals surface area contributed by atoms with Crippen LogP contribution in [0.4, 0.5) is 28.9 Å². The van der Waals surface area contributed by atoms with Crippen molar-refractivity contribution in [3.8, 4) is 0 Å². The second kappa shape index (κ2) is 25.4. The van der Waals surface area contributed by atoms with Crippen molar-refractivity contribution in [1.29, 1.82) is 0 Å². The number of anilines is 2. The van der Waals surface area contributed by atoms with Gasteiger partial charge in [0.1, 0.15) is 0 Å². The third kappa shape index (κ3) is 17.2. The fraction of sp³-hybridized carbons (Fsp3) is 0.450. The monoisotopic (exact) mass is 782 g/mol. The predicted octanol–water partition coefficient (Wildman–Crippen LogP) is 10.9. The number of hydrogen-bond donors (Lipinski definition) is 0. The molecule has 0 heterocycles. The van der Waals surface area contributed by atoms with E-state index in [0.29, 0.717) is 13.1 Å². The fourth-order valence-electron chi connectivity index (χ4n) is 4.11. The molecule has 0 saturated carbocycles. The first-order valence-electron chi connectivity index (χ1n) is 16.6. The van der Waals surface area contributed by atoms with Crippen molar-refractivity contribution in [2.75, 3.05) is 34.6 Å². The second-order valence-corrected chi connectivity index (χ2v) is 13.2. The van der Waals surface area contributed by atoms with Crippen LogP contribution in [0, 0.1) is 58.4 Å². The van der Waals surface area contributed by atoms with E-state index in [-0.39, 0.29) is 56.7 Å². The molecule has 2 aliphatic rings. The zero-order valence-corrected chi connectivity index (χ0v) is 33.4. The Morgan fingerprint density at radius 3 is 1.25 bits per heavy atom. The number of nitrogens with zero attached hydrogens (tertiary/aromatic N) is 2. The minimum Gasteiger partial charge on any atom is -0.363 e. The van der Waals surface area contributed by atoms with Crippen LogP contribution in [0.2, 0.25) is 0 Å². The Balaban J connectivity index is 0.000000754. The van der Waals surface area contributed by atoms with E-state index in [1.165, 1.54) is 21.9 Å². The maximum absolute atomic E-state index is 13.9. The SMILES string of the molecule is CCCCN(C(=O)C(C)(C)CCl)c1ccc(F)[c-]c1F.CCCCN(C(=O)C(C)(C)CCl)c1ccc(F)[c-]c1F.[C-]1=CC=CC1.[C-]1=CC=CC1.[Ti+4]. The molecule has 0 spiro atoms. The second-order valence-electron chi connectivity index (χ2n) is 12.7. The molecule has 0 radical (unpaired) electrons. The average molecular weight is 784 g/mol. The summed E-state index contributed by atoms with van der Waals surface area (Å²) < 4.78 is 53.6. The molecule has 4 nitrogen and oxygen atoms in total. The molecule has 0 bridgehead atoms. The average Bonchev–Trinajstić information content (AvgIpc) is 3.87. The first-order chi connectivity index (χ1) is 23.7. The van der Waals surface area contributed by atoms with E-state index in [9.17, 15) is 27.2 Å². The van der Waals surface area contributed by atoms with Crippen LogP contribution in [0.1, 0.15) is 80.1 Å². The van der Waals surface area contributed by atoms with Gasteiger partial charge in [0.25, 0.3) is 0 Å². The summed E-state index contributed by atoms with van der Waals surface area (Å²) in [6, 6.07) is 8.64. The van der Waals surface area contributed by atoms with Crippen LogP contribution >= 0.6 is 23.2 Å². The quantitative estimate of drug-likeness (QED) is 0.0931. The third-order valence-electron chi connectivity index (χ3n) is 7.22. The van der Waals surface area contributed by atoms with Gasteiger partial charge in [-0.05, 0) is 51.9 Å². The molecule has 0 unspecified atom stereocenters. The normalized spacial score (nSPS) is 12.5. The van der Waals surface area contributed by atoms with Crippen molar-refractivity contribution >= 4 is 46.4 Å². The van der Waals surface area contributed by atoms with E-state index in [1.807, 2.05) is 50.3 Å². The molecule has 0 atom stereocenters. The Morgan fingerprint density at radius 1 is 0.686 bits per heavy atom. The van der Waals surface area contributed by atoms with Gasteiger partial charge in [0.05, 0.1) is 10.8 Å². The van der Waals surface area contributed by atoms with Crippen molar-refractivity contribution < 1.29 is 48.9 Å². The Morgan fingerprint density at radius 2 is 1.04 bits per heavy atom. The summed E-state index contributed by atoms with van der Waals surface area (Å²) in [4.78, 5) is 27.7. The van der Waals surface area contributed by atoms with Crippen LogP contribution in [0.3, 0.4) is 0 Å². The van der Waals surface area contributed by atoms with Crippen molar-refractivity contribution in [3.05, 3.63) is 108 Å². The van der Waals surface area contributed by atoms with Gasteiger partial charge < -0.3 is 9.80 Å². The van der Waals surface area contributed by atoms with Gasteiger partial charge in [-0.15, -0.1) is 72.4 Å². The fourth-order valence-corrected chi connectivity index (χ4v) is 4.34. The van der Waals surface area contributed by atoms with Gasteiger partial charge in [-0.2, -0.15) is 12.2 Å². The Bertz CT molecular complexity index is 1350. The molecule has 2 aromatic rings. The molecule has 4 rings (SSSR count). The Labute approximate surface area is 327 Å². The number of alkyl halides is 2. The minimum absolute atomic E-state index is 0. The molecule has 2 aromatic carbocycles. The number of halogens is 6. The van der Waals surface area contributed by atoms with E-state index in [4.69, 9.17) is 23.2 Å². The van der Waals surface area contributed by atoms with Crippen LogP contribution in [0.15, 0.2) is 60.7 Å². The van der Waals surface area contributed by atoms with Crippen LogP contribution in [0.5, 0.6) is 0 Å². The van der Waals surface area contributed by atoms with Crippen molar-refractivity contribution in [1.82, 2.24) is 0 Å². The van der Waals surface area contributed by atoms with E-state index >= 15 is 0 Å². The number of amides is 2. The molecule has 11 heteroatoms. The maximum Gasteiger partial charge on any atom is 4.00 e. The molecule has 0 saturated heterocycles. The molecule has 0 aromatic heterocycles. The van der Waals surface area contributed by atoms with Gasteiger partial charge in [0.2, 0.25) is 11.8 Å². The molecule has 276 valence electrons.